The van der Waals surface area contributed by atoms with Crippen molar-refractivity contribution in [3.05, 3.63) is 29.8 Å². The number of nitrogens with zero attached hydrogens (tertiary/aromatic N) is 2. The standard InChI is InChI=1S/C10H8N2O3S2/c1-17(13,14)15-9-8-3-2-5-12(8)10-7(11-9)4-6-16-10/h2-6H,1H3. The highest BCUT2D eigenvalue weighted by atomic mass is 32.2. The lowest BCUT2D eigenvalue weighted by atomic mass is 10.4. The molecule has 0 aliphatic rings. The van der Waals surface area contributed by atoms with Crippen LogP contribution in [0, 0.1) is 0 Å². The van der Waals surface area contributed by atoms with Crippen LogP contribution < -0.4 is 4.18 Å². The zero-order valence-corrected chi connectivity index (χ0v) is 10.5. The molecule has 88 valence electrons. The zero-order valence-electron chi connectivity index (χ0n) is 8.82. The van der Waals surface area contributed by atoms with Gasteiger partial charge in [0.1, 0.15) is 15.9 Å². The van der Waals surface area contributed by atoms with Crippen molar-refractivity contribution in [2.75, 3.05) is 6.26 Å². The minimum absolute atomic E-state index is 0.114. The van der Waals surface area contributed by atoms with Crippen LogP contribution in [-0.2, 0) is 10.1 Å². The van der Waals surface area contributed by atoms with Gasteiger partial charge in [-0.15, -0.1) is 11.3 Å². The van der Waals surface area contributed by atoms with Crippen molar-refractivity contribution in [1.82, 2.24) is 9.38 Å². The van der Waals surface area contributed by atoms with Crippen molar-refractivity contribution < 1.29 is 12.6 Å². The van der Waals surface area contributed by atoms with Crippen LogP contribution in [0.5, 0.6) is 5.88 Å². The molecule has 7 heteroatoms. The van der Waals surface area contributed by atoms with Gasteiger partial charge >= 0.3 is 10.1 Å². The summed E-state index contributed by atoms with van der Waals surface area (Å²) in [6.45, 7) is 0. The molecule has 3 aromatic rings. The average molecular weight is 268 g/mol. The van der Waals surface area contributed by atoms with Gasteiger partial charge in [-0.3, -0.25) is 0 Å². The summed E-state index contributed by atoms with van der Waals surface area (Å²) in [5.74, 6) is 0.114. The van der Waals surface area contributed by atoms with E-state index in [0.717, 1.165) is 16.6 Å². The van der Waals surface area contributed by atoms with Crippen molar-refractivity contribution >= 4 is 37.3 Å². The van der Waals surface area contributed by atoms with Gasteiger partial charge in [-0.05, 0) is 23.6 Å². The quantitative estimate of drug-likeness (QED) is 0.666. The molecule has 0 atom stereocenters. The Morgan fingerprint density at radius 3 is 3.00 bits per heavy atom. The van der Waals surface area contributed by atoms with Crippen LogP contribution in [0.3, 0.4) is 0 Å². The lowest BCUT2D eigenvalue weighted by Crippen LogP contribution is -2.08. The SMILES string of the molecule is CS(=O)(=O)Oc1nc2ccsc2n2cccc12. The molecule has 0 aliphatic carbocycles. The summed E-state index contributed by atoms with van der Waals surface area (Å²) in [6.07, 6.45) is 2.86. The van der Waals surface area contributed by atoms with Crippen molar-refractivity contribution in [2.24, 2.45) is 0 Å². The highest BCUT2D eigenvalue weighted by Crippen LogP contribution is 2.27. The first kappa shape index (κ1) is 10.5. The Balaban J connectivity index is 2.37. The topological polar surface area (TPSA) is 60.7 Å². The predicted molar refractivity (Wildman–Crippen MR) is 66.0 cm³/mol. The minimum atomic E-state index is -3.57. The van der Waals surface area contributed by atoms with E-state index in [9.17, 15) is 8.42 Å². The molecule has 0 N–H and O–H groups in total. The molecular weight excluding hydrogens is 260 g/mol. The van der Waals surface area contributed by atoms with Gasteiger partial charge in [0.2, 0.25) is 0 Å². The molecule has 0 saturated carbocycles. The summed E-state index contributed by atoms with van der Waals surface area (Å²) >= 11 is 1.54. The van der Waals surface area contributed by atoms with Crippen molar-refractivity contribution in [2.45, 2.75) is 0 Å². The molecule has 0 aliphatic heterocycles. The van der Waals surface area contributed by atoms with Crippen molar-refractivity contribution in [3.8, 4) is 5.88 Å². The van der Waals surface area contributed by atoms with Gasteiger partial charge in [0.15, 0.2) is 0 Å². The zero-order chi connectivity index (χ0) is 12.0. The van der Waals surface area contributed by atoms with Crippen LogP contribution in [0.2, 0.25) is 0 Å². The van der Waals surface area contributed by atoms with E-state index in [0.29, 0.717) is 5.52 Å². The summed E-state index contributed by atoms with van der Waals surface area (Å²) in [6, 6.07) is 5.42. The van der Waals surface area contributed by atoms with Gasteiger partial charge in [-0.25, -0.2) is 4.98 Å². The molecule has 0 fully saturated rings. The Kier molecular flexibility index (Phi) is 2.14. The monoisotopic (exact) mass is 268 g/mol. The molecule has 0 unspecified atom stereocenters. The number of aromatic nitrogens is 2. The third-order valence-electron chi connectivity index (χ3n) is 2.26. The lowest BCUT2D eigenvalue weighted by Gasteiger charge is -2.05. The number of rotatable bonds is 2. The third kappa shape index (κ3) is 1.77. The molecule has 5 nitrogen and oxygen atoms in total. The number of hydrogen-bond donors (Lipinski definition) is 0. The summed E-state index contributed by atoms with van der Waals surface area (Å²) in [4.78, 5) is 5.17. The normalized spacial score (nSPS) is 12.3. The van der Waals surface area contributed by atoms with Gasteiger partial charge < -0.3 is 8.58 Å². The van der Waals surface area contributed by atoms with Gasteiger partial charge in [-0.2, -0.15) is 8.42 Å². The first-order valence-electron chi connectivity index (χ1n) is 4.78. The van der Waals surface area contributed by atoms with E-state index in [4.69, 9.17) is 4.18 Å². The molecular formula is C10H8N2O3S2. The van der Waals surface area contributed by atoms with Crippen LogP contribution >= 0.6 is 11.3 Å². The number of thiophene rings is 1. The second-order valence-electron chi connectivity index (χ2n) is 3.58. The fourth-order valence-electron chi connectivity index (χ4n) is 1.66. The fraction of sp³-hybridized carbons (Fsp3) is 0.100. The number of fused-ring (bicyclic) bond motifs is 3. The van der Waals surface area contributed by atoms with Gasteiger partial charge in [0.05, 0.1) is 6.26 Å². The molecule has 0 radical (unpaired) electrons. The van der Waals surface area contributed by atoms with E-state index >= 15 is 0 Å². The second kappa shape index (κ2) is 3.44. The highest BCUT2D eigenvalue weighted by molar-refractivity contribution is 7.86. The third-order valence-corrected chi connectivity index (χ3v) is 3.63. The van der Waals surface area contributed by atoms with E-state index in [2.05, 4.69) is 4.98 Å². The highest BCUT2D eigenvalue weighted by Gasteiger charge is 2.13. The summed E-state index contributed by atoms with van der Waals surface area (Å²) in [5, 5.41) is 1.90. The van der Waals surface area contributed by atoms with Crippen LogP contribution in [0.4, 0.5) is 0 Å². The molecule has 0 bridgehead atoms. The Labute approximate surface area is 101 Å². The molecule has 17 heavy (non-hydrogen) atoms. The smallest absolute Gasteiger partial charge is 0.307 e. The summed E-state index contributed by atoms with van der Waals surface area (Å²) in [5.41, 5.74) is 1.36. The van der Waals surface area contributed by atoms with Gasteiger partial charge in [-0.1, -0.05) is 0 Å². The van der Waals surface area contributed by atoms with Gasteiger partial charge in [0.25, 0.3) is 5.88 Å². The second-order valence-corrected chi connectivity index (χ2v) is 6.05. The number of hydrogen-bond acceptors (Lipinski definition) is 5. The van der Waals surface area contributed by atoms with E-state index < -0.39 is 10.1 Å². The first-order chi connectivity index (χ1) is 8.04. The summed E-state index contributed by atoms with van der Waals surface area (Å²) in [7, 11) is -3.57. The van der Waals surface area contributed by atoms with Crippen LogP contribution in [-0.4, -0.2) is 24.1 Å². The van der Waals surface area contributed by atoms with Crippen LogP contribution in [0.25, 0.3) is 15.9 Å². The average Bonchev–Trinajstić information content (AvgIpc) is 2.79. The van der Waals surface area contributed by atoms with Crippen LogP contribution in [0.1, 0.15) is 0 Å². The maximum Gasteiger partial charge on any atom is 0.307 e. The Morgan fingerprint density at radius 2 is 2.24 bits per heavy atom. The predicted octanol–water partition coefficient (Wildman–Crippen LogP) is 1.89. The Hall–Kier alpha value is -1.60. The lowest BCUT2D eigenvalue weighted by molar-refractivity contribution is 0.486. The van der Waals surface area contributed by atoms with Crippen molar-refractivity contribution in [1.29, 1.82) is 0 Å². The van der Waals surface area contributed by atoms with Crippen molar-refractivity contribution in [3.63, 3.8) is 0 Å². The van der Waals surface area contributed by atoms with E-state index in [1.54, 1.807) is 17.4 Å². The minimum Gasteiger partial charge on any atom is -0.359 e. The maximum atomic E-state index is 11.2. The Morgan fingerprint density at radius 1 is 1.41 bits per heavy atom. The molecule has 0 amide bonds. The largest absolute Gasteiger partial charge is 0.359 e. The van der Waals surface area contributed by atoms with E-state index in [-0.39, 0.29) is 5.88 Å². The van der Waals surface area contributed by atoms with E-state index in [1.165, 1.54) is 0 Å². The Bertz CT molecular complexity index is 801. The molecule has 3 heterocycles. The maximum absolute atomic E-state index is 11.2. The summed E-state index contributed by atoms with van der Waals surface area (Å²) < 4.78 is 29.1. The molecule has 0 spiro atoms. The molecule has 0 aromatic carbocycles. The van der Waals surface area contributed by atoms with Gasteiger partial charge in [0, 0.05) is 6.20 Å². The van der Waals surface area contributed by atoms with E-state index in [1.807, 2.05) is 28.1 Å². The molecule has 0 saturated heterocycles. The first-order valence-corrected chi connectivity index (χ1v) is 7.48. The molecule has 3 rings (SSSR count). The fourth-order valence-corrected chi connectivity index (χ4v) is 2.91. The van der Waals surface area contributed by atoms with Crippen LogP contribution in [0.15, 0.2) is 29.8 Å². The molecule has 3 aromatic heterocycles.